The minimum absolute atomic E-state index is 0.0208. The van der Waals surface area contributed by atoms with Gasteiger partial charge in [0.2, 0.25) is 0 Å². The summed E-state index contributed by atoms with van der Waals surface area (Å²) in [5.41, 5.74) is 0.745. The molecular weight excluding hydrogens is 326 g/mol. The molecule has 1 aromatic rings. The first-order valence-corrected chi connectivity index (χ1v) is 8.35. The number of hydrogen-bond donors (Lipinski definition) is 0. The fraction of sp³-hybridized carbons (Fsp3) is 0.333. The third-order valence-corrected chi connectivity index (χ3v) is 4.42. The van der Waals surface area contributed by atoms with Crippen LogP contribution in [0.1, 0.15) is 25.8 Å². The summed E-state index contributed by atoms with van der Waals surface area (Å²) in [7, 11) is 1.56. The highest BCUT2D eigenvalue weighted by Crippen LogP contribution is 2.34. The molecule has 1 aliphatic rings. The number of nitrogens with zero attached hydrogens (tertiary/aromatic N) is 1. The maximum atomic E-state index is 12.2. The molecule has 2 amide bonds. The van der Waals surface area contributed by atoms with Crippen molar-refractivity contribution >= 4 is 29.0 Å². The second kappa shape index (κ2) is 7.93. The van der Waals surface area contributed by atoms with Crippen LogP contribution in [0.15, 0.2) is 23.1 Å². The summed E-state index contributed by atoms with van der Waals surface area (Å²) in [5.74, 6) is 3.16. The Bertz CT molecular complexity index is 720. The number of hydrogen-bond acceptors (Lipinski definition) is 5. The number of ether oxygens (including phenoxy) is 2. The maximum absolute atomic E-state index is 12.2. The van der Waals surface area contributed by atoms with E-state index in [4.69, 9.17) is 15.9 Å². The van der Waals surface area contributed by atoms with E-state index in [0.29, 0.717) is 16.4 Å². The monoisotopic (exact) mass is 345 g/mol. The number of terminal acetylenes is 1. The highest BCUT2D eigenvalue weighted by molar-refractivity contribution is 8.18. The molecule has 0 spiro atoms. The number of amides is 2. The molecule has 126 valence electrons. The first-order valence-electron chi connectivity index (χ1n) is 7.53. The molecule has 1 heterocycles. The van der Waals surface area contributed by atoms with Gasteiger partial charge in [0, 0.05) is 0 Å². The second-order valence-corrected chi connectivity index (χ2v) is 6.21. The van der Waals surface area contributed by atoms with E-state index in [1.165, 1.54) is 0 Å². The van der Waals surface area contributed by atoms with Gasteiger partial charge in [-0.15, -0.1) is 6.42 Å². The van der Waals surface area contributed by atoms with Gasteiger partial charge in [-0.25, -0.2) is 0 Å². The van der Waals surface area contributed by atoms with Crippen LogP contribution in [0.4, 0.5) is 4.79 Å². The van der Waals surface area contributed by atoms with E-state index in [9.17, 15) is 9.59 Å². The molecule has 6 heteroatoms. The molecule has 1 aliphatic heterocycles. The quantitative estimate of drug-likeness (QED) is 0.583. The minimum Gasteiger partial charge on any atom is -0.493 e. The minimum atomic E-state index is -0.373. The fourth-order valence-corrected chi connectivity index (χ4v) is 2.89. The summed E-state index contributed by atoms with van der Waals surface area (Å²) in [4.78, 5) is 25.4. The third-order valence-electron chi connectivity index (χ3n) is 3.51. The predicted molar refractivity (Wildman–Crippen MR) is 94.9 cm³/mol. The van der Waals surface area contributed by atoms with Gasteiger partial charge in [0.25, 0.3) is 11.1 Å². The number of methoxy groups -OCH3 is 1. The van der Waals surface area contributed by atoms with Gasteiger partial charge in [-0.05, 0) is 48.9 Å². The van der Waals surface area contributed by atoms with Gasteiger partial charge in [-0.2, -0.15) is 0 Å². The van der Waals surface area contributed by atoms with E-state index in [1.807, 2.05) is 19.9 Å². The Labute approximate surface area is 146 Å². The molecule has 0 radical (unpaired) electrons. The van der Waals surface area contributed by atoms with Crippen molar-refractivity contribution in [2.45, 2.75) is 26.4 Å². The number of carbonyl (C=O) groups is 2. The Hall–Kier alpha value is -2.39. The Morgan fingerprint density at radius 2 is 2.12 bits per heavy atom. The van der Waals surface area contributed by atoms with Crippen molar-refractivity contribution in [3.63, 3.8) is 0 Å². The van der Waals surface area contributed by atoms with Gasteiger partial charge in [0.1, 0.15) is 0 Å². The lowest BCUT2D eigenvalue weighted by Gasteiger charge is -2.15. The van der Waals surface area contributed by atoms with Gasteiger partial charge in [-0.1, -0.05) is 18.9 Å². The van der Waals surface area contributed by atoms with Crippen LogP contribution in [0, 0.1) is 12.3 Å². The average Bonchev–Trinajstić information content (AvgIpc) is 2.83. The van der Waals surface area contributed by atoms with Crippen LogP contribution in [0.3, 0.4) is 0 Å². The zero-order chi connectivity index (χ0) is 17.7. The number of rotatable bonds is 6. The van der Waals surface area contributed by atoms with E-state index in [2.05, 4.69) is 5.92 Å². The number of benzene rings is 1. The second-order valence-electron chi connectivity index (χ2n) is 5.22. The first-order chi connectivity index (χ1) is 11.5. The normalized spacial score (nSPS) is 17.1. The summed E-state index contributed by atoms with van der Waals surface area (Å²) in [6, 6.07) is 5.38. The van der Waals surface area contributed by atoms with Crippen molar-refractivity contribution in [1.29, 1.82) is 0 Å². The largest absolute Gasteiger partial charge is 0.493 e. The van der Waals surface area contributed by atoms with Crippen molar-refractivity contribution in [3.05, 3.63) is 28.7 Å². The lowest BCUT2D eigenvalue weighted by molar-refractivity contribution is -0.122. The maximum Gasteiger partial charge on any atom is 0.294 e. The van der Waals surface area contributed by atoms with Crippen LogP contribution in [0.25, 0.3) is 6.08 Å². The molecule has 0 aliphatic carbocycles. The number of imide groups is 1. The molecule has 0 saturated carbocycles. The van der Waals surface area contributed by atoms with Crippen LogP contribution in [0.2, 0.25) is 0 Å². The predicted octanol–water partition coefficient (Wildman–Crippen LogP) is 3.54. The molecule has 1 aromatic carbocycles. The van der Waals surface area contributed by atoms with Crippen LogP contribution in [-0.4, -0.2) is 35.8 Å². The first kappa shape index (κ1) is 18.0. The molecule has 0 bridgehead atoms. The van der Waals surface area contributed by atoms with Crippen molar-refractivity contribution in [3.8, 4) is 23.8 Å². The van der Waals surface area contributed by atoms with Crippen molar-refractivity contribution in [2.75, 3.05) is 13.7 Å². The lowest BCUT2D eigenvalue weighted by Crippen LogP contribution is -2.28. The zero-order valence-electron chi connectivity index (χ0n) is 13.9. The van der Waals surface area contributed by atoms with Crippen LogP contribution < -0.4 is 9.47 Å². The molecule has 1 atom stereocenters. The molecular formula is C18H19NO4S. The van der Waals surface area contributed by atoms with Crippen molar-refractivity contribution in [1.82, 2.24) is 4.90 Å². The molecule has 24 heavy (non-hydrogen) atoms. The van der Waals surface area contributed by atoms with E-state index in [0.717, 1.165) is 28.6 Å². The van der Waals surface area contributed by atoms with E-state index in [-0.39, 0.29) is 23.8 Å². The van der Waals surface area contributed by atoms with Crippen LogP contribution >= 0.6 is 11.8 Å². The van der Waals surface area contributed by atoms with Crippen LogP contribution in [-0.2, 0) is 4.79 Å². The molecule has 0 unspecified atom stereocenters. The average molecular weight is 345 g/mol. The molecule has 2 rings (SSSR count). The van der Waals surface area contributed by atoms with E-state index in [1.54, 1.807) is 25.3 Å². The summed E-state index contributed by atoms with van der Waals surface area (Å²) >= 11 is 0.879. The molecule has 5 nitrogen and oxygen atoms in total. The van der Waals surface area contributed by atoms with Gasteiger partial charge in [-0.3, -0.25) is 14.5 Å². The Kier molecular flexibility index (Phi) is 5.93. The SMILES string of the molecule is C#CCN1C(=O)S/C(=C\c2ccc(O[C@H](C)CC)c(OC)c2)C1=O. The third kappa shape index (κ3) is 3.92. The van der Waals surface area contributed by atoms with E-state index < -0.39 is 0 Å². The van der Waals surface area contributed by atoms with Gasteiger partial charge >= 0.3 is 0 Å². The highest BCUT2D eigenvalue weighted by atomic mass is 32.2. The standard InChI is InChI=1S/C18H19NO4S/c1-5-9-19-17(20)16(24-18(19)21)11-13-7-8-14(15(10-13)22-4)23-12(3)6-2/h1,7-8,10-12H,6,9H2,2-4H3/b16-11-/t12-/m1/s1. The summed E-state index contributed by atoms with van der Waals surface area (Å²) in [6.45, 7) is 4.00. The summed E-state index contributed by atoms with van der Waals surface area (Å²) < 4.78 is 11.1. The fourth-order valence-electron chi connectivity index (χ4n) is 2.05. The summed E-state index contributed by atoms with van der Waals surface area (Å²) in [5, 5.41) is -0.354. The molecule has 0 N–H and O–H groups in total. The topological polar surface area (TPSA) is 55.8 Å². The summed E-state index contributed by atoms with van der Waals surface area (Å²) in [6.07, 6.45) is 7.79. The van der Waals surface area contributed by atoms with E-state index >= 15 is 0 Å². The Morgan fingerprint density at radius 1 is 1.38 bits per heavy atom. The number of carbonyl (C=O) groups excluding carboxylic acids is 2. The number of thioether (sulfide) groups is 1. The highest BCUT2D eigenvalue weighted by Gasteiger charge is 2.34. The zero-order valence-corrected chi connectivity index (χ0v) is 14.7. The van der Waals surface area contributed by atoms with Crippen LogP contribution in [0.5, 0.6) is 11.5 Å². The van der Waals surface area contributed by atoms with Gasteiger partial charge in [0.05, 0.1) is 24.7 Å². The van der Waals surface area contributed by atoms with Gasteiger partial charge < -0.3 is 9.47 Å². The molecule has 0 aromatic heterocycles. The van der Waals surface area contributed by atoms with Crippen molar-refractivity contribution in [2.24, 2.45) is 0 Å². The molecule has 1 saturated heterocycles. The Balaban J connectivity index is 2.26. The molecule has 1 fully saturated rings. The lowest BCUT2D eigenvalue weighted by atomic mass is 10.1. The van der Waals surface area contributed by atoms with Crippen molar-refractivity contribution < 1.29 is 19.1 Å². The Morgan fingerprint density at radius 3 is 2.75 bits per heavy atom. The smallest absolute Gasteiger partial charge is 0.294 e. The van der Waals surface area contributed by atoms with Gasteiger partial charge in [0.15, 0.2) is 11.5 Å².